The maximum absolute atomic E-state index is 11.9. The SMILES string of the molecule is C=CC/C=C\C/C=C\CCCCCCCc1ccc(/C=N/NC(=O)[C@H](O)[C@@H](O)[C@H](O)[C@H](O)CO)c(O)c1. The Labute approximate surface area is 219 Å². The zero-order valence-corrected chi connectivity index (χ0v) is 21.3. The minimum atomic E-state index is -2.09. The van der Waals surface area contributed by atoms with Gasteiger partial charge in [0.05, 0.1) is 12.8 Å². The molecule has 0 saturated carbocycles. The first-order chi connectivity index (χ1) is 17.8. The van der Waals surface area contributed by atoms with Gasteiger partial charge in [0.25, 0.3) is 5.91 Å². The number of unbranched alkanes of at least 4 members (excludes halogenated alkanes) is 5. The summed E-state index contributed by atoms with van der Waals surface area (Å²) < 4.78 is 0. The molecule has 0 fully saturated rings. The fourth-order valence-corrected chi connectivity index (χ4v) is 3.47. The van der Waals surface area contributed by atoms with Crippen LogP contribution in [-0.2, 0) is 11.2 Å². The van der Waals surface area contributed by atoms with Crippen LogP contribution in [-0.4, -0.2) is 73.8 Å². The number of nitrogens with zero attached hydrogens (tertiary/aromatic N) is 1. The number of phenolic OH excluding ortho intramolecular Hbond substituents is 1. The molecule has 0 unspecified atom stereocenters. The maximum atomic E-state index is 11.9. The van der Waals surface area contributed by atoms with Gasteiger partial charge in [0.2, 0.25) is 0 Å². The van der Waals surface area contributed by atoms with Crippen molar-refractivity contribution in [3.05, 3.63) is 66.3 Å². The molecule has 0 heterocycles. The predicted octanol–water partition coefficient (Wildman–Crippen LogP) is 2.24. The van der Waals surface area contributed by atoms with E-state index in [9.17, 15) is 30.3 Å². The zero-order valence-electron chi connectivity index (χ0n) is 21.3. The van der Waals surface area contributed by atoms with Gasteiger partial charge in [0, 0.05) is 5.56 Å². The van der Waals surface area contributed by atoms with Crippen molar-refractivity contribution in [3.8, 4) is 5.75 Å². The zero-order chi connectivity index (χ0) is 27.5. The smallest absolute Gasteiger partial charge is 0.271 e. The Hall–Kier alpha value is -2.82. The number of hydrogen-bond acceptors (Lipinski definition) is 8. The molecule has 0 aromatic heterocycles. The molecule has 1 amide bonds. The quantitative estimate of drug-likeness (QED) is 0.0639. The van der Waals surface area contributed by atoms with Gasteiger partial charge in [-0.05, 0) is 56.2 Å². The normalized spacial score (nSPS) is 15.3. The average Bonchev–Trinajstić information content (AvgIpc) is 2.90. The van der Waals surface area contributed by atoms with Crippen molar-refractivity contribution < 1.29 is 35.4 Å². The average molecular weight is 519 g/mol. The van der Waals surface area contributed by atoms with E-state index in [1.807, 2.05) is 17.6 Å². The molecule has 4 atom stereocenters. The Morgan fingerprint density at radius 1 is 0.946 bits per heavy atom. The summed E-state index contributed by atoms with van der Waals surface area (Å²) in [5, 5.41) is 61.0. The first kappa shape index (κ1) is 32.2. The first-order valence-corrected chi connectivity index (χ1v) is 12.7. The first-order valence-electron chi connectivity index (χ1n) is 12.7. The summed E-state index contributed by atoms with van der Waals surface area (Å²) in [6, 6.07) is 5.16. The van der Waals surface area contributed by atoms with Crippen LogP contribution in [0, 0.1) is 0 Å². The molecule has 0 spiro atoms. The molecule has 37 heavy (non-hydrogen) atoms. The predicted molar refractivity (Wildman–Crippen MR) is 144 cm³/mol. The summed E-state index contributed by atoms with van der Waals surface area (Å²) in [4.78, 5) is 11.9. The Kier molecular flexibility index (Phi) is 16.8. The number of carbonyl (C=O) groups excluding carboxylic acids is 1. The van der Waals surface area contributed by atoms with E-state index in [-0.39, 0.29) is 5.75 Å². The van der Waals surface area contributed by atoms with Crippen LogP contribution in [0.25, 0.3) is 0 Å². The lowest BCUT2D eigenvalue weighted by Crippen LogP contribution is -2.50. The van der Waals surface area contributed by atoms with Crippen molar-refractivity contribution in [2.24, 2.45) is 5.10 Å². The lowest BCUT2D eigenvalue weighted by molar-refractivity contribution is -0.148. The number of aliphatic hydroxyl groups excluding tert-OH is 5. The standard InChI is InChI=1S/C28H42N2O7/c1-2-3-4-5-6-7-8-9-10-11-12-13-14-15-21-16-17-22(23(32)18-21)19-29-30-28(37)27(36)26(35)25(34)24(33)20-31/h2,4-5,7-8,16-19,24-27,31-36H,1,3,6,9-15,20H2,(H,30,37)/b5-4-,8-7-,29-19+/t24-,25-,26+,27-/m1/s1. The molecule has 0 radical (unpaired) electrons. The van der Waals surface area contributed by atoms with Crippen LogP contribution in [0.2, 0.25) is 0 Å². The van der Waals surface area contributed by atoms with Crippen LogP contribution in [0.5, 0.6) is 5.75 Å². The van der Waals surface area contributed by atoms with Gasteiger partial charge in [0.1, 0.15) is 24.1 Å². The molecule has 0 saturated heterocycles. The topological polar surface area (TPSA) is 163 Å². The molecular weight excluding hydrogens is 476 g/mol. The highest BCUT2D eigenvalue weighted by atomic mass is 16.4. The monoisotopic (exact) mass is 518 g/mol. The van der Waals surface area contributed by atoms with Crippen molar-refractivity contribution in [1.82, 2.24) is 5.43 Å². The van der Waals surface area contributed by atoms with Gasteiger partial charge in [-0.15, -0.1) is 6.58 Å². The van der Waals surface area contributed by atoms with E-state index in [0.29, 0.717) is 5.56 Å². The van der Waals surface area contributed by atoms with E-state index in [1.165, 1.54) is 25.5 Å². The third-order valence-electron chi connectivity index (χ3n) is 5.74. The van der Waals surface area contributed by atoms with Crippen molar-refractivity contribution in [3.63, 3.8) is 0 Å². The van der Waals surface area contributed by atoms with Crippen LogP contribution in [0.1, 0.15) is 62.5 Å². The summed E-state index contributed by atoms with van der Waals surface area (Å²) >= 11 is 0. The highest BCUT2D eigenvalue weighted by Crippen LogP contribution is 2.19. The molecule has 0 aliphatic carbocycles. The molecule has 9 heteroatoms. The second kappa shape index (κ2) is 19.3. The number of rotatable bonds is 19. The van der Waals surface area contributed by atoms with Crippen LogP contribution in [0.3, 0.4) is 0 Å². The fourth-order valence-electron chi connectivity index (χ4n) is 3.47. The third kappa shape index (κ3) is 13.3. The number of hydrazone groups is 1. The van der Waals surface area contributed by atoms with E-state index in [1.54, 1.807) is 12.1 Å². The summed E-state index contributed by atoms with van der Waals surface area (Å²) in [7, 11) is 0. The minimum absolute atomic E-state index is 0.0105. The number of hydrogen-bond donors (Lipinski definition) is 7. The van der Waals surface area contributed by atoms with Gasteiger partial charge < -0.3 is 30.6 Å². The van der Waals surface area contributed by atoms with E-state index in [2.05, 4.69) is 36.0 Å². The molecule has 1 aromatic rings. The number of carbonyl (C=O) groups is 1. The molecular formula is C28H42N2O7. The number of amides is 1. The minimum Gasteiger partial charge on any atom is -0.507 e. The number of aryl methyl sites for hydroxylation is 1. The lowest BCUT2D eigenvalue weighted by Gasteiger charge is -2.24. The van der Waals surface area contributed by atoms with E-state index < -0.39 is 36.9 Å². The summed E-state index contributed by atoms with van der Waals surface area (Å²) in [6.45, 7) is 2.83. The summed E-state index contributed by atoms with van der Waals surface area (Å²) in [6.07, 6.45) is 13.5. The second-order valence-corrected chi connectivity index (χ2v) is 8.81. The van der Waals surface area contributed by atoms with Crippen LogP contribution in [0.4, 0.5) is 0 Å². The van der Waals surface area contributed by atoms with Crippen LogP contribution < -0.4 is 5.43 Å². The van der Waals surface area contributed by atoms with Gasteiger partial charge in [0.15, 0.2) is 6.10 Å². The maximum Gasteiger partial charge on any atom is 0.271 e. The second-order valence-electron chi connectivity index (χ2n) is 8.81. The van der Waals surface area contributed by atoms with Crippen molar-refractivity contribution in [2.45, 2.75) is 82.2 Å². The van der Waals surface area contributed by atoms with E-state index >= 15 is 0 Å². The molecule has 7 N–H and O–H groups in total. The highest BCUT2D eigenvalue weighted by molar-refractivity contribution is 5.86. The molecule has 1 rings (SSSR count). The largest absolute Gasteiger partial charge is 0.507 e. The van der Waals surface area contributed by atoms with Gasteiger partial charge in [-0.2, -0.15) is 5.10 Å². The molecule has 0 aliphatic rings. The third-order valence-corrected chi connectivity index (χ3v) is 5.74. The Morgan fingerprint density at radius 2 is 1.62 bits per heavy atom. The van der Waals surface area contributed by atoms with E-state index in [0.717, 1.165) is 44.1 Å². The molecule has 0 bridgehead atoms. The number of aromatic hydroxyl groups is 1. The summed E-state index contributed by atoms with van der Waals surface area (Å²) in [5.41, 5.74) is 3.32. The van der Waals surface area contributed by atoms with Crippen LogP contribution >= 0.6 is 0 Å². The van der Waals surface area contributed by atoms with E-state index in [4.69, 9.17) is 5.11 Å². The van der Waals surface area contributed by atoms with Gasteiger partial charge in [-0.1, -0.05) is 55.7 Å². The number of benzene rings is 1. The molecule has 206 valence electrons. The molecule has 9 nitrogen and oxygen atoms in total. The van der Waals surface area contributed by atoms with Gasteiger partial charge in [-0.3, -0.25) is 4.79 Å². The van der Waals surface area contributed by atoms with Crippen molar-refractivity contribution in [2.75, 3.05) is 6.61 Å². The van der Waals surface area contributed by atoms with Crippen molar-refractivity contribution in [1.29, 1.82) is 0 Å². The fraction of sp³-hybridized carbons (Fsp3) is 0.500. The Morgan fingerprint density at radius 3 is 2.32 bits per heavy atom. The number of allylic oxidation sites excluding steroid dienone is 5. The van der Waals surface area contributed by atoms with Gasteiger partial charge >= 0.3 is 0 Å². The lowest BCUT2D eigenvalue weighted by atomic mass is 10.0. The molecule has 1 aromatic carbocycles. The van der Waals surface area contributed by atoms with Crippen molar-refractivity contribution >= 4 is 12.1 Å². The Balaban J connectivity index is 2.31. The number of aliphatic hydroxyl groups is 5. The molecule has 0 aliphatic heterocycles. The summed E-state index contributed by atoms with van der Waals surface area (Å²) in [5.74, 6) is -1.14. The highest BCUT2D eigenvalue weighted by Gasteiger charge is 2.34. The Bertz CT molecular complexity index is 885. The van der Waals surface area contributed by atoms with Gasteiger partial charge in [-0.25, -0.2) is 5.43 Å². The number of phenols is 1. The number of nitrogens with one attached hydrogen (secondary N) is 1. The van der Waals surface area contributed by atoms with Crippen LogP contribution in [0.15, 0.2) is 60.3 Å².